The number of hydrogen-bond donors (Lipinski definition) is 2. The van der Waals surface area contributed by atoms with Gasteiger partial charge in [0.05, 0.1) is 0 Å². The Morgan fingerprint density at radius 3 is 2.38 bits per heavy atom. The van der Waals surface area contributed by atoms with Gasteiger partial charge in [-0.1, -0.05) is 6.07 Å². The van der Waals surface area contributed by atoms with Crippen molar-refractivity contribution < 1.29 is 23.1 Å². The third kappa shape index (κ3) is 7.10. The quantitative estimate of drug-likeness (QED) is 0.794. The van der Waals surface area contributed by atoms with E-state index in [1.54, 1.807) is 6.20 Å². The van der Waals surface area contributed by atoms with Crippen LogP contribution in [0.4, 0.5) is 13.2 Å². The van der Waals surface area contributed by atoms with Crippen LogP contribution in [0.3, 0.4) is 0 Å². The molecule has 0 saturated carbocycles. The maximum atomic E-state index is 10.6. The lowest BCUT2D eigenvalue weighted by atomic mass is 10.2. The highest BCUT2D eigenvalue weighted by Gasteiger charge is 2.38. The number of pyridine rings is 1. The smallest absolute Gasteiger partial charge is 0.475 e. The molecule has 1 rings (SSSR count). The first-order valence-electron chi connectivity index (χ1n) is 4.17. The van der Waals surface area contributed by atoms with E-state index in [2.05, 4.69) is 23.7 Å². The van der Waals surface area contributed by atoms with Crippen LogP contribution >= 0.6 is 12.6 Å². The van der Waals surface area contributed by atoms with Gasteiger partial charge in [-0.25, -0.2) is 4.79 Å². The summed E-state index contributed by atoms with van der Waals surface area (Å²) in [4.78, 5) is 12.9. The van der Waals surface area contributed by atoms with Gasteiger partial charge in [0.25, 0.3) is 0 Å². The molecule has 0 aliphatic carbocycles. The maximum Gasteiger partial charge on any atom is 0.490 e. The number of carboxylic acid groups (broad SMARTS) is 1. The Hall–Kier alpha value is -1.24. The van der Waals surface area contributed by atoms with Gasteiger partial charge in [-0.15, -0.1) is 0 Å². The van der Waals surface area contributed by atoms with Crippen molar-refractivity contribution in [3.63, 3.8) is 0 Å². The summed E-state index contributed by atoms with van der Waals surface area (Å²) in [5.41, 5.74) is 1.26. The van der Waals surface area contributed by atoms with E-state index in [0.717, 1.165) is 12.2 Å². The Bertz CT molecular complexity index is 316. The average Bonchev–Trinajstić information content (AvgIpc) is 2.19. The molecule has 0 atom stereocenters. The number of halogens is 3. The third-order valence-electron chi connectivity index (χ3n) is 1.37. The summed E-state index contributed by atoms with van der Waals surface area (Å²) in [6, 6.07) is 4.00. The van der Waals surface area contributed by atoms with Crippen molar-refractivity contribution in [2.75, 3.05) is 5.75 Å². The van der Waals surface area contributed by atoms with Crippen LogP contribution in [0.15, 0.2) is 24.5 Å². The van der Waals surface area contributed by atoms with Gasteiger partial charge >= 0.3 is 12.1 Å². The van der Waals surface area contributed by atoms with Gasteiger partial charge in [0.2, 0.25) is 0 Å². The number of carbonyl (C=O) groups is 1. The topological polar surface area (TPSA) is 50.2 Å². The maximum absolute atomic E-state index is 10.6. The van der Waals surface area contributed by atoms with E-state index in [1.807, 2.05) is 12.3 Å². The summed E-state index contributed by atoms with van der Waals surface area (Å²) < 4.78 is 31.7. The Morgan fingerprint density at radius 2 is 2.06 bits per heavy atom. The van der Waals surface area contributed by atoms with E-state index in [0.29, 0.717) is 0 Å². The average molecular weight is 253 g/mol. The second kappa shape index (κ2) is 7.10. The van der Waals surface area contributed by atoms with Gasteiger partial charge in [-0.3, -0.25) is 4.98 Å². The van der Waals surface area contributed by atoms with E-state index in [-0.39, 0.29) is 0 Å². The Balaban J connectivity index is 0.000000293. The zero-order chi connectivity index (χ0) is 12.6. The summed E-state index contributed by atoms with van der Waals surface area (Å²) >= 11 is 4.10. The van der Waals surface area contributed by atoms with Gasteiger partial charge in [-0.05, 0) is 23.8 Å². The number of thiol groups is 1. The van der Waals surface area contributed by atoms with Crippen LogP contribution in [0, 0.1) is 0 Å². The molecular weight excluding hydrogens is 243 g/mol. The molecule has 90 valence electrons. The van der Waals surface area contributed by atoms with Gasteiger partial charge in [0, 0.05) is 12.4 Å². The monoisotopic (exact) mass is 253 g/mol. The molecule has 7 heteroatoms. The number of rotatable bonds is 2. The van der Waals surface area contributed by atoms with Crippen molar-refractivity contribution >= 4 is 18.6 Å². The van der Waals surface area contributed by atoms with E-state index in [1.165, 1.54) is 5.56 Å². The molecule has 3 nitrogen and oxygen atoms in total. The van der Waals surface area contributed by atoms with Crippen LogP contribution in [0.1, 0.15) is 5.56 Å². The molecular formula is C9H10F3NO2S. The van der Waals surface area contributed by atoms with Crippen LogP contribution < -0.4 is 0 Å². The van der Waals surface area contributed by atoms with Crippen LogP contribution in [0.2, 0.25) is 0 Å². The SMILES string of the molecule is O=C(O)C(F)(F)F.SCCc1cccnc1. The molecule has 0 aromatic carbocycles. The molecule has 0 bridgehead atoms. The van der Waals surface area contributed by atoms with E-state index < -0.39 is 12.1 Å². The number of aryl methyl sites for hydroxylation is 1. The van der Waals surface area contributed by atoms with Crippen LogP contribution in [-0.2, 0) is 11.2 Å². The van der Waals surface area contributed by atoms with Gasteiger partial charge in [0.15, 0.2) is 0 Å². The molecule has 1 N–H and O–H groups in total. The molecule has 1 aromatic heterocycles. The summed E-state index contributed by atoms with van der Waals surface area (Å²) in [7, 11) is 0. The molecule has 0 fully saturated rings. The highest BCUT2D eigenvalue weighted by Crippen LogP contribution is 2.13. The largest absolute Gasteiger partial charge is 0.490 e. The minimum atomic E-state index is -5.08. The number of hydrogen-bond acceptors (Lipinski definition) is 3. The Kier molecular flexibility index (Phi) is 6.55. The molecule has 0 amide bonds. The zero-order valence-corrected chi connectivity index (χ0v) is 9.00. The van der Waals surface area contributed by atoms with Crippen molar-refractivity contribution in [3.05, 3.63) is 30.1 Å². The second-order valence-electron chi connectivity index (χ2n) is 2.64. The molecule has 0 spiro atoms. The molecule has 0 unspecified atom stereocenters. The number of nitrogens with zero attached hydrogens (tertiary/aromatic N) is 1. The fourth-order valence-electron chi connectivity index (χ4n) is 0.675. The van der Waals surface area contributed by atoms with Crippen molar-refractivity contribution in [3.8, 4) is 0 Å². The number of alkyl halides is 3. The minimum absolute atomic E-state index is 0.895. The number of aliphatic carboxylic acids is 1. The highest BCUT2D eigenvalue weighted by molar-refractivity contribution is 7.80. The zero-order valence-electron chi connectivity index (χ0n) is 8.11. The van der Waals surface area contributed by atoms with Crippen molar-refractivity contribution in [2.24, 2.45) is 0 Å². The summed E-state index contributed by atoms with van der Waals surface area (Å²) in [6.07, 6.45) is -0.421. The van der Waals surface area contributed by atoms with Gasteiger partial charge < -0.3 is 5.11 Å². The molecule has 0 aliphatic rings. The molecule has 1 heterocycles. The lowest BCUT2D eigenvalue weighted by Crippen LogP contribution is -2.21. The van der Waals surface area contributed by atoms with E-state index >= 15 is 0 Å². The van der Waals surface area contributed by atoms with E-state index in [9.17, 15) is 13.2 Å². The standard InChI is InChI=1S/C7H9NS.C2HF3O2/c9-5-3-7-2-1-4-8-6-7;3-2(4,5)1(6)7/h1-2,4,6,9H,3,5H2;(H,6,7). The Morgan fingerprint density at radius 1 is 1.50 bits per heavy atom. The fourth-order valence-corrected chi connectivity index (χ4v) is 0.933. The number of carboxylic acids is 1. The van der Waals surface area contributed by atoms with Crippen LogP contribution in [-0.4, -0.2) is 28.0 Å². The van der Waals surface area contributed by atoms with Gasteiger partial charge in [0.1, 0.15) is 0 Å². The first kappa shape index (κ1) is 14.8. The normalized spacial score (nSPS) is 10.2. The third-order valence-corrected chi connectivity index (χ3v) is 1.59. The second-order valence-corrected chi connectivity index (χ2v) is 3.09. The lowest BCUT2D eigenvalue weighted by Gasteiger charge is -1.93. The molecule has 0 aliphatic heterocycles. The molecule has 1 aromatic rings. The van der Waals surface area contributed by atoms with Crippen molar-refractivity contribution in [2.45, 2.75) is 12.6 Å². The lowest BCUT2D eigenvalue weighted by molar-refractivity contribution is -0.192. The predicted molar refractivity (Wildman–Crippen MR) is 55.5 cm³/mol. The van der Waals surface area contributed by atoms with Crippen LogP contribution in [0.5, 0.6) is 0 Å². The fraction of sp³-hybridized carbons (Fsp3) is 0.333. The Labute approximate surface area is 95.7 Å². The minimum Gasteiger partial charge on any atom is -0.475 e. The van der Waals surface area contributed by atoms with E-state index in [4.69, 9.17) is 9.90 Å². The first-order chi connectivity index (χ1) is 7.38. The molecule has 0 radical (unpaired) electrons. The molecule has 16 heavy (non-hydrogen) atoms. The van der Waals surface area contributed by atoms with Crippen LogP contribution in [0.25, 0.3) is 0 Å². The highest BCUT2D eigenvalue weighted by atomic mass is 32.1. The van der Waals surface area contributed by atoms with Crippen molar-refractivity contribution in [1.29, 1.82) is 0 Å². The van der Waals surface area contributed by atoms with Gasteiger partial charge in [-0.2, -0.15) is 25.8 Å². The number of aromatic nitrogens is 1. The first-order valence-corrected chi connectivity index (χ1v) is 4.81. The predicted octanol–water partition coefficient (Wildman–Crippen LogP) is 2.19. The molecule has 0 saturated heterocycles. The summed E-state index contributed by atoms with van der Waals surface area (Å²) in [5.74, 6) is -1.86. The summed E-state index contributed by atoms with van der Waals surface area (Å²) in [6.45, 7) is 0. The van der Waals surface area contributed by atoms with Crippen molar-refractivity contribution in [1.82, 2.24) is 4.98 Å². The summed E-state index contributed by atoms with van der Waals surface area (Å²) in [5, 5.41) is 7.12.